The average molecular weight is 399 g/mol. The maximum absolute atomic E-state index is 12.7. The molecule has 0 saturated heterocycles. The lowest BCUT2D eigenvalue weighted by Gasteiger charge is -2.27. The Kier molecular flexibility index (Phi) is 5.54. The zero-order valence-corrected chi connectivity index (χ0v) is 16.6. The molecule has 0 bridgehead atoms. The largest absolute Gasteiger partial charge is 0.344 e. The average Bonchev–Trinajstić information content (AvgIpc) is 3.06. The van der Waals surface area contributed by atoms with Gasteiger partial charge in [-0.25, -0.2) is 9.97 Å². The predicted octanol–water partition coefficient (Wildman–Crippen LogP) is 3.11. The van der Waals surface area contributed by atoms with Crippen LogP contribution < -0.4 is 5.56 Å². The molecule has 3 aromatic rings. The minimum atomic E-state index is -0.0825. The highest BCUT2D eigenvalue weighted by Gasteiger charge is 2.23. The molecular formula is C20H23ClN6O. The van der Waals surface area contributed by atoms with E-state index in [0.717, 1.165) is 60.6 Å². The summed E-state index contributed by atoms with van der Waals surface area (Å²) in [4.78, 5) is 34.2. The van der Waals surface area contributed by atoms with E-state index in [9.17, 15) is 4.79 Å². The Balaban J connectivity index is 1.51. The Hall–Kier alpha value is -2.51. The van der Waals surface area contributed by atoms with Crippen LogP contribution >= 0.6 is 11.6 Å². The van der Waals surface area contributed by atoms with Gasteiger partial charge in [0, 0.05) is 50.4 Å². The van der Waals surface area contributed by atoms with E-state index in [1.807, 2.05) is 12.1 Å². The molecule has 0 amide bonds. The molecule has 28 heavy (non-hydrogen) atoms. The van der Waals surface area contributed by atoms with Crippen molar-refractivity contribution in [2.24, 2.45) is 0 Å². The topological polar surface area (TPSA) is 90.6 Å². The number of imidazole rings is 1. The van der Waals surface area contributed by atoms with Gasteiger partial charge < -0.3 is 9.97 Å². The van der Waals surface area contributed by atoms with Gasteiger partial charge in [0.15, 0.2) is 5.15 Å². The SMILES string of the molecule is CCCCc1nc(Cl)c(CN2CCc3nc(-c4ccncc4)[nH]c(=O)c3C2)[nH]1. The first-order valence-electron chi connectivity index (χ1n) is 9.62. The van der Waals surface area contributed by atoms with E-state index in [4.69, 9.17) is 11.6 Å². The Labute approximate surface area is 168 Å². The molecule has 1 aliphatic rings. The molecule has 146 valence electrons. The quantitative estimate of drug-likeness (QED) is 0.665. The summed E-state index contributed by atoms with van der Waals surface area (Å²) in [5.74, 6) is 1.53. The smallest absolute Gasteiger partial charge is 0.255 e. The number of halogens is 1. The normalized spacial score (nSPS) is 14.2. The molecule has 4 rings (SSSR count). The summed E-state index contributed by atoms with van der Waals surface area (Å²) < 4.78 is 0. The van der Waals surface area contributed by atoms with Gasteiger partial charge in [0.25, 0.3) is 5.56 Å². The highest BCUT2D eigenvalue weighted by molar-refractivity contribution is 6.30. The molecule has 0 aliphatic carbocycles. The van der Waals surface area contributed by atoms with Crippen LogP contribution in [-0.4, -0.2) is 36.4 Å². The van der Waals surface area contributed by atoms with Gasteiger partial charge in [-0.15, -0.1) is 0 Å². The van der Waals surface area contributed by atoms with Crippen molar-refractivity contribution in [1.29, 1.82) is 0 Å². The fourth-order valence-corrected chi connectivity index (χ4v) is 3.70. The molecular weight excluding hydrogens is 376 g/mol. The molecule has 0 spiro atoms. The van der Waals surface area contributed by atoms with Crippen molar-refractivity contribution >= 4 is 11.6 Å². The fourth-order valence-electron chi connectivity index (χ4n) is 3.49. The van der Waals surface area contributed by atoms with Crippen molar-refractivity contribution in [2.45, 2.75) is 45.7 Å². The van der Waals surface area contributed by atoms with E-state index in [2.05, 4.69) is 36.7 Å². The van der Waals surface area contributed by atoms with Gasteiger partial charge in [0.05, 0.1) is 17.0 Å². The Morgan fingerprint density at radius 2 is 2.04 bits per heavy atom. The fraction of sp³-hybridized carbons (Fsp3) is 0.400. The standard InChI is InChI=1S/C20H23ClN6O/c1-2-3-4-17-23-16(18(21)25-17)12-27-10-7-15-14(11-27)20(28)26-19(24-15)13-5-8-22-9-6-13/h5-6,8-9H,2-4,7,10-12H2,1H3,(H,23,25)(H,24,26,28). The number of nitrogens with zero attached hydrogens (tertiary/aromatic N) is 4. The van der Waals surface area contributed by atoms with Crippen LogP contribution in [0.4, 0.5) is 0 Å². The number of aromatic amines is 2. The van der Waals surface area contributed by atoms with Crippen LogP contribution in [0, 0.1) is 0 Å². The first-order valence-corrected chi connectivity index (χ1v) is 10.00. The van der Waals surface area contributed by atoms with Crippen molar-refractivity contribution in [1.82, 2.24) is 29.8 Å². The van der Waals surface area contributed by atoms with Crippen LogP contribution in [0.15, 0.2) is 29.3 Å². The lowest BCUT2D eigenvalue weighted by Crippen LogP contribution is -2.35. The summed E-state index contributed by atoms with van der Waals surface area (Å²) >= 11 is 6.31. The van der Waals surface area contributed by atoms with E-state index in [-0.39, 0.29) is 5.56 Å². The number of hydrogen-bond donors (Lipinski definition) is 2. The molecule has 7 nitrogen and oxygen atoms in total. The Morgan fingerprint density at radius 1 is 1.21 bits per heavy atom. The van der Waals surface area contributed by atoms with Crippen LogP contribution in [0.2, 0.25) is 5.15 Å². The number of fused-ring (bicyclic) bond motifs is 1. The molecule has 2 N–H and O–H groups in total. The molecule has 0 atom stereocenters. The maximum Gasteiger partial charge on any atom is 0.255 e. The lowest BCUT2D eigenvalue weighted by molar-refractivity contribution is 0.239. The zero-order chi connectivity index (χ0) is 19.5. The third kappa shape index (κ3) is 4.00. The third-order valence-corrected chi connectivity index (χ3v) is 5.34. The summed E-state index contributed by atoms with van der Waals surface area (Å²) in [6.07, 6.45) is 7.22. The van der Waals surface area contributed by atoms with Gasteiger partial charge in [-0.2, -0.15) is 0 Å². The lowest BCUT2D eigenvalue weighted by atomic mass is 10.1. The molecule has 4 heterocycles. The van der Waals surface area contributed by atoms with E-state index < -0.39 is 0 Å². The summed E-state index contributed by atoms with van der Waals surface area (Å²) in [6.45, 7) is 4.16. The van der Waals surface area contributed by atoms with Gasteiger partial charge in [0.2, 0.25) is 0 Å². The number of hydrogen-bond acceptors (Lipinski definition) is 5. The summed E-state index contributed by atoms with van der Waals surface area (Å²) in [7, 11) is 0. The van der Waals surface area contributed by atoms with Gasteiger partial charge >= 0.3 is 0 Å². The second-order valence-electron chi connectivity index (χ2n) is 7.09. The van der Waals surface area contributed by atoms with Crippen LogP contribution in [0.1, 0.15) is 42.5 Å². The minimum Gasteiger partial charge on any atom is -0.344 e. The number of rotatable bonds is 6. The van der Waals surface area contributed by atoms with Crippen molar-refractivity contribution in [2.75, 3.05) is 6.54 Å². The molecule has 0 saturated carbocycles. The van der Waals surface area contributed by atoms with Gasteiger partial charge in [-0.3, -0.25) is 14.7 Å². The summed E-state index contributed by atoms with van der Waals surface area (Å²) in [5, 5.41) is 0.525. The Bertz CT molecular complexity index is 1010. The second kappa shape index (κ2) is 8.24. The number of nitrogens with one attached hydrogen (secondary N) is 2. The molecule has 0 unspecified atom stereocenters. The van der Waals surface area contributed by atoms with Gasteiger partial charge in [0.1, 0.15) is 11.6 Å². The van der Waals surface area contributed by atoms with E-state index in [1.165, 1.54) is 0 Å². The monoisotopic (exact) mass is 398 g/mol. The zero-order valence-electron chi connectivity index (χ0n) is 15.8. The number of pyridine rings is 1. The maximum atomic E-state index is 12.7. The van der Waals surface area contributed by atoms with Crippen LogP contribution in [0.25, 0.3) is 11.4 Å². The van der Waals surface area contributed by atoms with Crippen LogP contribution in [-0.2, 0) is 25.9 Å². The van der Waals surface area contributed by atoms with Crippen molar-refractivity contribution in [3.8, 4) is 11.4 Å². The Morgan fingerprint density at radius 3 is 2.82 bits per heavy atom. The molecule has 0 aromatic carbocycles. The molecule has 0 fully saturated rings. The minimum absolute atomic E-state index is 0.0825. The first kappa shape index (κ1) is 18.8. The highest BCUT2D eigenvalue weighted by atomic mass is 35.5. The highest BCUT2D eigenvalue weighted by Crippen LogP contribution is 2.22. The molecule has 8 heteroatoms. The molecule has 1 aliphatic heterocycles. The van der Waals surface area contributed by atoms with Gasteiger partial charge in [-0.1, -0.05) is 24.9 Å². The first-order chi connectivity index (χ1) is 13.6. The van der Waals surface area contributed by atoms with E-state index in [0.29, 0.717) is 24.1 Å². The van der Waals surface area contributed by atoms with Gasteiger partial charge in [-0.05, 0) is 18.6 Å². The second-order valence-corrected chi connectivity index (χ2v) is 7.45. The van der Waals surface area contributed by atoms with Crippen LogP contribution in [0.5, 0.6) is 0 Å². The van der Waals surface area contributed by atoms with Crippen molar-refractivity contribution in [3.05, 3.63) is 62.8 Å². The van der Waals surface area contributed by atoms with E-state index >= 15 is 0 Å². The number of unbranched alkanes of at least 4 members (excludes halogenated alkanes) is 1. The molecule has 0 radical (unpaired) electrons. The summed E-state index contributed by atoms with van der Waals surface area (Å²) in [6, 6.07) is 3.69. The van der Waals surface area contributed by atoms with Crippen LogP contribution in [0.3, 0.4) is 0 Å². The predicted molar refractivity (Wildman–Crippen MR) is 108 cm³/mol. The number of aromatic nitrogens is 5. The third-order valence-electron chi connectivity index (χ3n) is 5.03. The molecule has 3 aromatic heterocycles. The van der Waals surface area contributed by atoms with E-state index in [1.54, 1.807) is 12.4 Å². The number of aryl methyl sites for hydroxylation is 1. The summed E-state index contributed by atoms with van der Waals surface area (Å²) in [5.41, 5.74) is 3.29. The number of H-pyrrole nitrogens is 2. The van der Waals surface area contributed by atoms with Crippen molar-refractivity contribution < 1.29 is 0 Å². The van der Waals surface area contributed by atoms with Crippen molar-refractivity contribution in [3.63, 3.8) is 0 Å².